The molecule has 1 saturated heterocycles. The van der Waals surface area contributed by atoms with Crippen LogP contribution in [0.3, 0.4) is 0 Å². The fourth-order valence-corrected chi connectivity index (χ4v) is 5.31. The molecule has 0 radical (unpaired) electrons. The Labute approximate surface area is 197 Å². The summed E-state index contributed by atoms with van der Waals surface area (Å²) in [6.07, 6.45) is 8.17. The number of aryl methyl sites for hydroxylation is 1. The molecule has 0 unspecified atom stereocenters. The van der Waals surface area contributed by atoms with Gasteiger partial charge in [-0.3, -0.25) is 9.48 Å². The number of carbonyl (C=O) groups excluding carboxylic acids is 1. The van der Waals surface area contributed by atoms with Crippen LogP contribution in [0.4, 0.5) is 5.82 Å². The average Bonchev–Trinajstić information content (AvgIpc) is 3.49. The van der Waals surface area contributed by atoms with Gasteiger partial charge in [0.2, 0.25) is 0 Å². The third-order valence-corrected chi connectivity index (χ3v) is 7.76. The van der Waals surface area contributed by atoms with Crippen LogP contribution < -0.4 is 5.32 Å². The number of nitrogens with one attached hydrogen (secondary N) is 1. The van der Waals surface area contributed by atoms with Gasteiger partial charge in [0.05, 0.1) is 11.8 Å². The van der Waals surface area contributed by atoms with Crippen molar-refractivity contribution in [3.63, 3.8) is 0 Å². The summed E-state index contributed by atoms with van der Waals surface area (Å²) < 4.78 is 30.1. The molecule has 4 aromatic rings. The Hall–Kier alpha value is -3.54. The molecule has 0 spiro atoms. The Kier molecular flexibility index (Phi) is 5.68. The lowest BCUT2D eigenvalue weighted by atomic mass is 10.1. The molecule has 0 bridgehead atoms. The van der Waals surface area contributed by atoms with Gasteiger partial charge in [0, 0.05) is 69.0 Å². The zero-order chi connectivity index (χ0) is 23.9. The van der Waals surface area contributed by atoms with Crippen molar-refractivity contribution in [3.8, 4) is 11.1 Å². The number of benzene rings is 1. The lowest BCUT2D eigenvalue weighted by molar-refractivity contribution is 0.102. The third kappa shape index (κ3) is 4.32. The fraction of sp³-hybridized carbons (Fsp3) is 0.261. The van der Waals surface area contributed by atoms with Crippen molar-refractivity contribution >= 4 is 32.7 Å². The molecule has 1 amide bonds. The summed E-state index contributed by atoms with van der Waals surface area (Å²) in [7, 11) is 0.119. The molecule has 1 aliphatic heterocycles. The molecule has 4 heterocycles. The van der Waals surface area contributed by atoms with Gasteiger partial charge in [-0.1, -0.05) is 12.1 Å². The molecule has 176 valence electrons. The number of nitrogens with zero attached hydrogens (tertiary/aromatic N) is 6. The Morgan fingerprint density at radius 2 is 1.74 bits per heavy atom. The molecular formula is C23H25N7O3S. The van der Waals surface area contributed by atoms with E-state index in [0.717, 1.165) is 25.9 Å². The van der Waals surface area contributed by atoms with E-state index >= 15 is 0 Å². The molecule has 1 N–H and O–H groups in total. The summed E-state index contributed by atoms with van der Waals surface area (Å²) in [6, 6.07) is 9.28. The van der Waals surface area contributed by atoms with Gasteiger partial charge in [-0.05, 0) is 36.2 Å². The van der Waals surface area contributed by atoms with E-state index in [1.54, 1.807) is 23.1 Å². The lowest BCUT2D eigenvalue weighted by Gasteiger charge is -2.31. The molecule has 1 aliphatic rings. The molecule has 3 aromatic heterocycles. The summed E-state index contributed by atoms with van der Waals surface area (Å²) in [5.41, 5.74) is 2.24. The Bertz CT molecular complexity index is 1470. The predicted molar refractivity (Wildman–Crippen MR) is 130 cm³/mol. The van der Waals surface area contributed by atoms with E-state index < -0.39 is 16.1 Å². The lowest BCUT2D eigenvalue weighted by Crippen LogP contribution is -2.48. The first kappa shape index (κ1) is 22.3. The van der Waals surface area contributed by atoms with Crippen LogP contribution in [0.15, 0.2) is 61.3 Å². The Balaban J connectivity index is 1.34. The number of hydrogen-bond acceptors (Lipinski definition) is 6. The van der Waals surface area contributed by atoms with Crippen LogP contribution in [0.1, 0.15) is 10.4 Å². The highest BCUT2D eigenvalue weighted by Gasteiger charge is 2.27. The SMILES string of the molecule is CN1CCN(S(=O)(=O)n2ccc(C(=O)Nc3cc4cc(-c5cnn(C)c5)ccc4cn3)c2)CC1. The quantitative estimate of drug-likeness (QED) is 0.470. The van der Waals surface area contributed by atoms with Crippen LogP contribution in [0.5, 0.6) is 0 Å². The van der Waals surface area contributed by atoms with E-state index in [-0.39, 0.29) is 5.56 Å². The zero-order valence-electron chi connectivity index (χ0n) is 18.9. The minimum absolute atomic E-state index is 0.240. The first-order valence-electron chi connectivity index (χ1n) is 10.9. The summed E-state index contributed by atoms with van der Waals surface area (Å²) in [6.45, 7) is 2.18. The number of amides is 1. The average molecular weight is 480 g/mol. The van der Waals surface area contributed by atoms with Gasteiger partial charge in [-0.2, -0.15) is 17.8 Å². The predicted octanol–water partition coefficient (Wildman–Crippen LogP) is 2.03. The summed E-state index contributed by atoms with van der Waals surface area (Å²) in [4.78, 5) is 19.2. The van der Waals surface area contributed by atoms with Crippen molar-refractivity contribution in [2.45, 2.75) is 0 Å². The molecule has 11 heteroatoms. The number of likely N-dealkylation sites (N-methyl/N-ethyl adjacent to an activating group) is 1. The first-order valence-corrected chi connectivity index (χ1v) is 12.3. The highest BCUT2D eigenvalue weighted by Crippen LogP contribution is 2.25. The van der Waals surface area contributed by atoms with Crippen molar-refractivity contribution in [1.82, 2.24) is 27.9 Å². The number of piperazine rings is 1. The van der Waals surface area contributed by atoms with Crippen molar-refractivity contribution in [2.24, 2.45) is 7.05 Å². The smallest absolute Gasteiger partial charge is 0.306 e. The largest absolute Gasteiger partial charge is 0.307 e. The van der Waals surface area contributed by atoms with Gasteiger partial charge in [0.15, 0.2) is 0 Å². The molecule has 0 atom stereocenters. The number of anilines is 1. The van der Waals surface area contributed by atoms with Gasteiger partial charge in [0.1, 0.15) is 5.82 Å². The molecule has 0 aliphatic carbocycles. The highest BCUT2D eigenvalue weighted by molar-refractivity contribution is 7.87. The summed E-state index contributed by atoms with van der Waals surface area (Å²) in [5, 5.41) is 8.84. The van der Waals surface area contributed by atoms with Crippen LogP contribution in [0.2, 0.25) is 0 Å². The van der Waals surface area contributed by atoms with Gasteiger partial charge < -0.3 is 10.2 Å². The van der Waals surface area contributed by atoms with E-state index in [9.17, 15) is 13.2 Å². The second-order valence-corrected chi connectivity index (χ2v) is 10.3. The Morgan fingerprint density at radius 1 is 0.941 bits per heavy atom. The van der Waals surface area contributed by atoms with Gasteiger partial charge in [0.25, 0.3) is 5.91 Å². The molecule has 10 nitrogen and oxygen atoms in total. The van der Waals surface area contributed by atoms with E-state index in [4.69, 9.17) is 0 Å². The van der Waals surface area contributed by atoms with Crippen LogP contribution in [0.25, 0.3) is 21.9 Å². The van der Waals surface area contributed by atoms with Gasteiger partial charge in [-0.15, -0.1) is 0 Å². The third-order valence-electron chi connectivity index (χ3n) is 5.99. The number of rotatable bonds is 5. The van der Waals surface area contributed by atoms with Crippen LogP contribution >= 0.6 is 0 Å². The maximum absolute atomic E-state index is 12.9. The van der Waals surface area contributed by atoms with E-state index in [1.165, 1.54) is 22.8 Å². The standard InChI is InChI=1S/C23H25N7O3S/c1-27-7-9-29(10-8-27)34(32,33)30-6-5-19(16-30)23(31)26-22-12-20-11-17(3-4-18(20)13-24-22)21-14-25-28(2)15-21/h3-6,11-16H,7-10H2,1-2H3,(H,24,26,31). The number of hydrogen-bond donors (Lipinski definition) is 1. The molecule has 34 heavy (non-hydrogen) atoms. The number of aromatic nitrogens is 4. The monoisotopic (exact) mass is 479 g/mol. The Morgan fingerprint density at radius 3 is 2.47 bits per heavy atom. The maximum Gasteiger partial charge on any atom is 0.307 e. The molecule has 0 saturated carbocycles. The minimum Gasteiger partial charge on any atom is -0.306 e. The first-order chi connectivity index (χ1) is 16.3. The summed E-state index contributed by atoms with van der Waals surface area (Å²) >= 11 is 0. The van der Waals surface area contributed by atoms with Crippen molar-refractivity contribution < 1.29 is 13.2 Å². The topological polar surface area (TPSA) is 105 Å². The second-order valence-electron chi connectivity index (χ2n) is 8.43. The van der Waals surface area contributed by atoms with Crippen molar-refractivity contribution in [2.75, 3.05) is 38.5 Å². The zero-order valence-corrected chi connectivity index (χ0v) is 19.7. The van der Waals surface area contributed by atoms with E-state index in [0.29, 0.717) is 32.0 Å². The van der Waals surface area contributed by atoms with E-state index in [1.807, 2.05) is 38.5 Å². The molecule has 1 fully saturated rings. The second kappa shape index (κ2) is 8.67. The highest BCUT2D eigenvalue weighted by atomic mass is 32.2. The van der Waals surface area contributed by atoms with E-state index in [2.05, 4.69) is 20.3 Å². The number of pyridine rings is 1. The van der Waals surface area contributed by atoms with Crippen molar-refractivity contribution in [3.05, 3.63) is 66.9 Å². The minimum atomic E-state index is -3.71. The molecule has 1 aromatic carbocycles. The normalized spacial score (nSPS) is 15.6. The fourth-order valence-electron chi connectivity index (χ4n) is 3.95. The molecule has 5 rings (SSSR count). The maximum atomic E-state index is 12.9. The summed E-state index contributed by atoms with van der Waals surface area (Å²) in [5.74, 6) is -0.0434. The molecular weight excluding hydrogens is 454 g/mol. The number of carbonyl (C=O) groups is 1. The van der Waals surface area contributed by atoms with Crippen LogP contribution in [0, 0.1) is 0 Å². The van der Waals surface area contributed by atoms with Crippen molar-refractivity contribution in [1.29, 1.82) is 0 Å². The van der Waals surface area contributed by atoms with Gasteiger partial charge in [-0.25, -0.2) is 8.96 Å². The van der Waals surface area contributed by atoms with Crippen LogP contribution in [-0.4, -0.2) is 75.5 Å². The number of fused-ring (bicyclic) bond motifs is 1. The van der Waals surface area contributed by atoms with Gasteiger partial charge >= 0.3 is 10.2 Å². The van der Waals surface area contributed by atoms with Crippen LogP contribution in [-0.2, 0) is 17.3 Å².